The summed E-state index contributed by atoms with van der Waals surface area (Å²) in [6.07, 6.45) is 0.741. The fourth-order valence-corrected chi connectivity index (χ4v) is 1.58. The first-order valence-electron chi connectivity index (χ1n) is 6.45. The summed E-state index contributed by atoms with van der Waals surface area (Å²) in [6, 6.07) is 7.80. The number of ether oxygens (including phenoxy) is 2. The van der Waals surface area contributed by atoms with Crippen molar-refractivity contribution in [3.63, 3.8) is 0 Å². The van der Waals surface area contributed by atoms with Crippen LogP contribution in [-0.4, -0.2) is 31.8 Å². The fraction of sp³-hybridized carbons (Fsp3) is 0.533. The molecule has 0 fully saturated rings. The molecule has 0 unspecified atom stereocenters. The van der Waals surface area contributed by atoms with Gasteiger partial charge in [-0.1, -0.05) is 18.2 Å². The molecule has 0 aliphatic carbocycles. The van der Waals surface area contributed by atoms with Gasteiger partial charge in [0.25, 0.3) is 0 Å². The third-order valence-electron chi connectivity index (χ3n) is 2.55. The number of amides is 1. The Morgan fingerprint density at radius 1 is 1.26 bits per heavy atom. The number of rotatable bonds is 6. The van der Waals surface area contributed by atoms with Crippen LogP contribution in [0.2, 0.25) is 0 Å². The van der Waals surface area contributed by atoms with E-state index in [4.69, 9.17) is 9.47 Å². The number of benzene rings is 1. The van der Waals surface area contributed by atoms with Gasteiger partial charge in [-0.25, -0.2) is 0 Å². The van der Waals surface area contributed by atoms with Gasteiger partial charge in [-0.05, 0) is 38.8 Å². The fourth-order valence-electron chi connectivity index (χ4n) is 1.58. The molecule has 0 aliphatic heterocycles. The van der Waals surface area contributed by atoms with Gasteiger partial charge in [0.2, 0.25) is 5.91 Å². The van der Waals surface area contributed by atoms with Crippen LogP contribution in [-0.2, 0) is 16.0 Å². The summed E-state index contributed by atoms with van der Waals surface area (Å²) in [4.78, 5) is 11.6. The Bertz CT molecular complexity index is 410. The van der Waals surface area contributed by atoms with Gasteiger partial charge >= 0.3 is 0 Å². The van der Waals surface area contributed by atoms with E-state index in [9.17, 15) is 4.79 Å². The van der Waals surface area contributed by atoms with Crippen LogP contribution < -0.4 is 10.1 Å². The summed E-state index contributed by atoms with van der Waals surface area (Å²) in [5, 5.41) is 2.84. The highest BCUT2D eigenvalue weighted by Crippen LogP contribution is 2.17. The lowest BCUT2D eigenvalue weighted by atomic mass is 10.1. The van der Waals surface area contributed by atoms with Crippen molar-refractivity contribution in [2.45, 2.75) is 32.8 Å². The maximum Gasteiger partial charge on any atom is 0.246 e. The van der Waals surface area contributed by atoms with E-state index in [-0.39, 0.29) is 18.1 Å². The van der Waals surface area contributed by atoms with Gasteiger partial charge in [0.05, 0.1) is 12.7 Å². The molecule has 0 bridgehead atoms. The summed E-state index contributed by atoms with van der Waals surface area (Å²) in [5.41, 5.74) is 0.794. The first kappa shape index (κ1) is 15.5. The standard InChI is InChI=1S/C15H23NO3/c1-15(2,3)19-11-14(17)16-10-9-12-7-5-6-8-13(12)18-4/h5-8H,9-11H2,1-4H3,(H,16,17). The van der Waals surface area contributed by atoms with E-state index in [1.165, 1.54) is 0 Å². The second-order valence-corrected chi connectivity index (χ2v) is 5.31. The van der Waals surface area contributed by atoms with Gasteiger partial charge in [0, 0.05) is 6.54 Å². The second-order valence-electron chi connectivity index (χ2n) is 5.31. The number of carbonyl (C=O) groups excluding carboxylic acids is 1. The predicted molar refractivity (Wildman–Crippen MR) is 75.4 cm³/mol. The summed E-state index contributed by atoms with van der Waals surface area (Å²) in [5.74, 6) is 0.757. The molecule has 0 aromatic heterocycles. The van der Waals surface area contributed by atoms with E-state index in [2.05, 4.69) is 5.32 Å². The number of hydrogen-bond acceptors (Lipinski definition) is 3. The third-order valence-corrected chi connectivity index (χ3v) is 2.55. The van der Waals surface area contributed by atoms with E-state index in [0.717, 1.165) is 17.7 Å². The van der Waals surface area contributed by atoms with Gasteiger partial charge in [0.1, 0.15) is 12.4 Å². The zero-order chi connectivity index (χ0) is 14.3. The minimum Gasteiger partial charge on any atom is -0.496 e. The van der Waals surface area contributed by atoms with Gasteiger partial charge in [-0.2, -0.15) is 0 Å². The monoisotopic (exact) mass is 265 g/mol. The van der Waals surface area contributed by atoms with Gasteiger partial charge < -0.3 is 14.8 Å². The SMILES string of the molecule is COc1ccccc1CCNC(=O)COC(C)(C)C. The summed E-state index contributed by atoms with van der Waals surface area (Å²) in [6.45, 7) is 6.45. The maximum atomic E-state index is 11.6. The van der Waals surface area contributed by atoms with Crippen LogP contribution in [0.1, 0.15) is 26.3 Å². The quantitative estimate of drug-likeness (QED) is 0.857. The molecule has 1 rings (SSSR count). The number of carbonyl (C=O) groups is 1. The van der Waals surface area contributed by atoms with E-state index >= 15 is 0 Å². The minimum atomic E-state index is -0.292. The van der Waals surface area contributed by atoms with E-state index < -0.39 is 0 Å². The van der Waals surface area contributed by atoms with E-state index in [1.807, 2.05) is 45.0 Å². The lowest BCUT2D eigenvalue weighted by molar-refractivity contribution is -0.130. The summed E-state index contributed by atoms with van der Waals surface area (Å²) >= 11 is 0. The Balaban J connectivity index is 2.32. The molecule has 1 aromatic rings. The van der Waals surface area contributed by atoms with Crippen molar-refractivity contribution in [3.05, 3.63) is 29.8 Å². The van der Waals surface area contributed by atoms with Crippen molar-refractivity contribution in [3.8, 4) is 5.75 Å². The third kappa shape index (κ3) is 6.25. The van der Waals surface area contributed by atoms with E-state index in [1.54, 1.807) is 7.11 Å². The minimum absolute atomic E-state index is 0.0927. The molecule has 19 heavy (non-hydrogen) atoms. The molecule has 4 nitrogen and oxygen atoms in total. The molecule has 0 spiro atoms. The molecule has 0 saturated heterocycles. The molecule has 1 N–H and O–H groups in total. The van der Waals surface area contributed by atoms with Crippen molar-refractivity contribution in [2.75, 3.05) is 20.3 Å². The molecule has 0 radical (unpaired) electrons. The molecular formula is C15H23NO3. The Morgan fingerprint density at radius 2 is 1.95 bits per heavy atom. The Morgan fingerprint density at radius 3 is 2.58 bits per heavy atom. The zero-order valence-electron chi connectivity index (χ0n) is 12.2. The number of para-hydroxylation sites is 1. The molecular weight excluding hydrogens is 242 g/mol. The molecule has 1 aromatic carbocycles. The number of methoxy groups -OCH3 is 1. The van der Waals surface area contributed by atoms with Crippen LogP contribution in [0.25, 0.3) is 0 Å². The van der Waals surface area contributed by atoms with Crippen LogP contribution in [0.15, 0.2) is 24.3 Å². The first-order valence-corrected chi connectivity index (χ1v) is 6.45. The van der Waals surface area contributed by atoms with Crippen LogP contribution in [0.3, 0.4) is 0 Å². The Kier molecular flexibility index (Phi) is 5.83. The van der Waals surface area contributed by atoms with Crippen molar-refractivity contribution < 1.29 is 14.3 Å². The smallest absolute Gasteiger partial charge is 0.246 e. The lowest BCUT2D eigenvalue weighted by Gasteiger charge is -2.19. The van der Waals surface area contributed by atoms with E-state index in [0.29, 0.717) is 6.54 Å². The Labute approximate surface area is 115 Å². The molecule has 106 valence electrons. The highest BCUT2D eigenvalue weighted by molar-refractivity contribution is 5.77. The van der Waals surface area contributed by atoms with Gasteiger partial charge in [-0.3, -0.25) is 4.79 Å². The van der Waals surface area contributed by atoms with Crippen LogP contribution in [0.5, 0.6) is 5.75 Å². The maximum absolute atomic E-state index is 11.6. The highest BCUT2D eigenvalue weighted by Gasteiger charge is 2.12. The van der Waals surface area contributed by atoms with Crippen molar-refractivity contribution in [1.82, 2.24) is 5.32 Å². The van der Waals surface area contributed by atoms with Crippen LogP contribution in [0, 0.1) is 0 Å². The number of hydrogen-bond donors (Lipinski definition) is 1. The first-order chi connectivity index (χ1) is 8.92. The molecule has 0 atom stereocenters. The van der Waals surface area contributed by atoms with Crippen molar-refractivity contribution in [2.24, 2.45) is 0 Å². The van der Waals surface area contributed by atoms with Gasteiger partial charge in [0.15, 0.2) is 0 Å². The van der Waals surface area contributed by atoms with Crippen molar-refractivity contribution in [1.29, 1.82) is 0 Å². The zero-order valence-corrected chi connectivity index (χ0v) is 12.2. The molecule has 1 amide bonds. The summed E-state index contributed by atoms with van der Waals surface area (Å²) < 4.78 is 10.7. The van der Waals surface area contributed by atoms with Crippen LogP contribution in [0.4, 0.5) is 0 Å². The highest BCUT2D eigenvalue weighted by atomic mass is 16.5. The average molecular weight is 265 g/mol. The van der Waals surface area contributed by atoms with Gasteiger partial charge in [-0.15, -0.1) is 0 Å². The summed E-state index contributed by atoms with van der Waals surface area (Å²) in [7, 11) is 1.65. The Hall–Kier alpha value is -1.55. The normalized spacial score (nSPS) is 11.2. The molecule has 0 heterocycles. The topological polar surface area (TPSA) is 47.6 Å². The molecule has 0 aliphatic rings. The predicted octanol–water partition coefficient (Wildman–Crippen LogP) is 2.17. The largest absolute Gasteiger partial charge is 0.496 e. The second kappa shape index (κ2) is 7.14. The lowest BCUT2D eigenvalue weighted by Crippen LogP contribution is -2.33. The molecule has 0 saturated carbocycles. The van der Waals surface area contributed by atoms with Crippen LogP contribution >= 0.6 is 0 Å². The van der Waals surface area contributed by atoms with Crippen molar-refractivity contribution >= 4 is 5.91 Å². The molecule has 4 heteroatoms. The average Bonchev–Trinajstić information content (AvgIpc) is 2.36. The number of nitrogens with one attached hydrogen (secondary N) is 1.